The molecule has 9 nitrogen and oxygen atoms in total. The van der Waals surface area contributed by atoms with E-state index in [1.165, 1.54) is 39.3 Å². The van der Waals surface area contributed by atoms with Gasteiger partial charge in [0.05, 0.1) is 56.1 Å². The highest BCUT2D eigenvalue weighted by Gasteiger charge is 2.18. The highest BCUT2D eigenvalue weighted by Crippen LogP contribution is 2.40. The van der Waals surface area contributed by atoms with Gasteiger partial charge in [0, 0.05) is 54.6 Å². The molecule has 0 amide bonds. The Morgan fingerprint density at radius 1 is 0.289 bits per heavy atom. The van der Waals surface area contributed by atoms with Crippen LogP contribution in [0.1, 0.15) is 0 Å². The second kappa shape index (κ2) is 18.2. The Labute approximate surface area is 445 Å². The molecule has 356 valence electrons. The Bertz CT molecular complexity index is 4500. The summed E-state index contributed by atoms with van der Waals surface area (Å²) in [5.74, 6) is 0.631. The third-order valence-corrected chi connectivity index (χ3v) is 16.2. The Hall–Kier alpha value is -9.46. The molecule has 0 aliphatic rings. The van der Waals surface area contributed by atoms with Crippen molar-refractivity contribution in [2.24, 2.45) is 0 Å². The van der Waals surface area contributed by atoms with Crippen molar-refractivity contribution >= 4 is 122 Å². The van der Waals surface area contributed by atoms with Gasteiger partial charge in [-0.1, -0.05) is 146 Å². The van der Waals surface area contributed by atoms with Crippen molar-refractivity contribution in [2.45, 2.75) is 0 Å². The number of fused-ring (bicyclic) bond motifs is 12. The van der Waals surface area contributed by atoms with E-state index < -0.39 is 0 Å². The molecule has 0 saturated heterocycles. The minimum atomic E-state index is 0.631. The summed E-state index contributed by atoms with van der Waals surface area (Å²) in [5, 5.41) is 7.65. The number of nitrogens with zero attached hydrogens (tertiary/aromatic N) is 8. The van der Waals surface area contributed by atoms with E-state index in [0.29, 0.717) is 5.89 Å². The first kappa shape index (κ1) is 44.1. The molecule has 0 aliphatic carbocycles. The molecule has 6 heterocycles. The quantitative estimate of drug-likeness (QED) is 0.150. The van der Waals surface area contributed by atoms with Gasteiger partial charge < -0.3 is 4.42 Å². The molecular weight excluding hydrogens is 993 g/mol. The fourth-order valence-electron chi connectivity index (χ4n) is 10.3. The Kier molecular flexibility index (Phi) is 10.5. The zero-order valence-corrected chi connectivity index (χ0v) is 42.4. The normalized spacial score (nSPS) is 11.7. The van der Waals surface area contributed by atoms with E-state index in [4.69, 9.17) is 19.4 Å². The molecular formula is C64H36N8OS3. The highest BCUT2D eigenvalue weighted by atomic mass is 32.1. The van der Waals surface area contributed by atoms with Crippen LogP contribution in [0.25, 0.3) is 154 Å². The van der Waals surface area contributed by atoms with Gasteiger partial charge in [-0.05, 0) is 95.1 Å². The van der Waals surface area contributed by atoms with Crippen LogP contribution < -0.4 is 0 Å². The summed E-state index contributed by atoms with van der Waals surface area (Å²) in [6, 6.07) is 75.2. The zero-order chi connectivity index (χ0) is 50.1. The number of hydrogen-bond acceptors (Lipinski definition) is 12. The van der Waals surface area contributed by atoms with Crippen molar-refractivity contribution in [3.05, 3.63) is 218 Å². The number of aromatic nitrogens is 8. The summed E-state index contributed by atoms with van der Waals surface area (Å²) in [4.78, 5) is 19.6. The van der Waals surface area contributed by atoms with Gasteiger partial charge in [0.25, 0.3) is 0 Å². The summed E-state index contributed by atoms with van der Waals surface area (Å²) in [5.41, 5.74) is 19.1. The number of thiazole rings is 1. The molecule has 16 rings (SSSR count). The first-order valence-electron chi connectivity index (χ1n) is 24.6. The summed E-state index contributed by atoms with van der Waals surface area (Å²) >= 11 is 4.23. The second-order valence-electron chi connectivity index (χ2n) is 18.5. The fraction of sp³-hybridized carbons (Fsp3) is 0. The van der Waals surface area contributed by atoms with Gasteiger partial charge in [-0.15, -0.1) is 11.3 Å². The van der Waals surface area contributed by atoms with Crippen LogP contribution in [0, 0.1) is 0 Å². The molecule has 0 fully saturated rings. The summed E-state index contributed by atoms with van der Waals surface area (Å²) in [6.45, 7) is 0. The number of pyridine rings is 2. The Morgan fingerprint density at radius 3 is 1.24 bits per heavy atom. The molecule has 0 saturated carbocycles. The highest BCUT2D eigenvalue weighted by molar-refractivity contribution is 7.21. The first-order chi connectivity index (χ1) is 37.6. The van der Waals surface area contributed by atoms with E-state index in [1.807, 2.05) is 60.7 Å². The molecule has 16 aromatic rings. The lowest BCUT2D eigenvalue weighted by atomic mass is 9.97. The number of benzene rings is 10. The lowest BCUT2D eigenvalue weighted by Gasteiger charge is -2.11. The molecule has 0 aliphatic heterocycles. The van der Waals surface area contributed by atoms with Crippen LogP contribution in [0.4, 0.5) is 0 Å². The van der Waals surface area contributed by atoms with Crippen LogP contribution >= 0.6 is 34.8 Å². The smallest absolute Gasteiger partial charge is 0.227 e. The summed E-state index contributed by atoms with van der Waals surface area (Å²) in [7, 11) is 0. The third kappa shape index (κ3) is 7.65. The number of rotatable bonds is 6. The lowest BCUT2D eigenvalue weighted by molar-refractivity contribution is 0.620. The van der Waals surface area contributed by atoms with Crippen molar-refractivity contribution < 1.29 is 4.42 Å². The second-order valence-corrected chi connectivity index (χ2v) is 20.6. The molecule has 0 unspecified atom stereocenters. The molecule has 76 heavy (non-hydrogen) atoms. The van der Waals surface area contributed by atoms with E-state index in [-0.39, 0.29) is 0 Å². The SMILES string of the molecule is c1ccc2oc(-c3ccc(-c4ccc(-c5nc6ccccc6c6c5ccc5nsnc56)cc4)cc3)nc2c1.c1ccc2sc(-c3ccc(-c4ccc(-c5nc6ccccc6c6c5ccc5nsnc56)cc4)cc3)nc2c1. The van der Waals surface area contributed by atoms with Crippen molar-refractivity contribution in [3.8, 4) is 66.8 Å². The number of hydrogen-bond donors (Lipinski definition) is 0. The van der Waals surface area contributed by atoms with E-state index in [0.717, 1.165) is 132 Å². The summed E-state index contributed by atoms with van der Waals surface area (Å²) < 4.78 is 25.3. The first-order valence-corrected chi connectivity index (χ1v) is 26.9. The molecule has 0 atom stereocenters. The largest absolute Gasteiger partial charge is 0.436 e. The molecule has 0 radical (unpaired) electrons. The topological polar surface area (TPSA) is 116 Å². The fourth-order valence-corrected chi connectivity index (χ4v) is 12.3. The van der Waals surface area contributed by atoms with Crippen LogP contribution in [-0.2, 0) is 0 Å². The molecule has 0 spiro atoms. The maximum Gasteiger partial charge on any atom is 0.227 e. The van der Waals surface area contributed by atoms with Gasteiger partial charge in [0.2, 0.25) is 5.89 Å². The van der Waals surface area contributed by atoms with Crippen LogP contribution in [0.15, 0.2) is 223 Å². The molecule has 12 heteroatoms. The van der Waals surface area contributed by atoms with Gasteiger partial charge in [0.1, 0.15) is 32.6 Å². The van der Waals surface area contributed by atoms with Crippen molar-refractivity contribution in [1.82, 2.24) is 37.4 Å². The van der Waals surface area contributed by atoms with Crippen LogP contribution in [0.5, 0.6) is 0 Å². The standard InChI is InChI=1S/C32H18N4OS.C32H18N4S2/c2*1-2-6-25-23(5-1)29-24(17-18-27-31(29)36-38-35-27)30(33-25)21-13-9-19(10-14-21)20-11-15-22(16-12-20)32-34-26-7-3-4-8-28(26)37-32/h2*1-18H. The van der Waals surface area contributed by atoms with Crippen molar-refractivity contribution in [3.63, 3.8) is 0 Å². The van der Waals surface area contributed by atoms with Crippen LogP contribution in [-0.4, -0.2) is 37.4 Å². The van der Waals surface area contributed by atoms with Crippen molar-refractivity contribution in [2.75, 3.05) is 0 Å². The van der Waals surface area contributed by atoms with E-state index in [1.54, 1.807) is 11.3 Å². The van der Waals surface area contributed by atoms with Gasteiger partial charge >= 0.3 is 0 Å². The van der Waals surface area contributed by atoms with Gasteiger partial charge in [-0.2, -0.15) is 17.5 Å². The molecule has 0 N–H and O–H groups in total. The minimum Gasteiger partial charge on any atom is -0.436 e. The number of para-hydroxylation sites is 5. The number of oxazole rings is 1. The van der Waals surface area contributed by atoms with Crippen LogP contribution in [0.2, 0.25) is 0 Å². The predicted molar refractivity (Wildman–Crippen MR) is 314 cm³/mol. The Balaban J connectivity index is 0.000000133. The predicted octanol–water partition coefficient (Wildman–Crippen LogP) is 17.5. The van der Waals surface area contributed by atoms with E-state index >= 15 is 0 Å². The average molecular weight is 1030 g/mol. The van der Waals surface area contributed by atoms with Gasteiger partial charge in [-0.3, -0.25) is 0 Å². The van der Waals surface area contributed by atoms with Gasteiger partial charge in [0.15, 0.2) is 5.58 Å². The maximum atomic E-state index is 5.93. The summed E-state index contributed by atoms with van der Waals surface area (Å²) in [6.07, 6.45) is 0. The van der Waals surface area contributed by atoms with E-state index in [2.05, 4.69) is 180 Å². The third-order valence-electron chi connectivity index (χ3n) is 14.0. The monoisotopic (exact) mass is 1030 g/mol. The molecule has 0 bridgehead atoms. The molecule has 10 aromatic carbocycles. The lowest BCUT2D eigenvalue weighted by Crippen LogP contribution is -1.91. The molecule has 6 aromatic heterocycles. The van der Waals surface area contributed by atoms with Crippen LogP contribution in [0.3, 0.4) is 0 Å². The Morgan fingerprint density at radius 2 is 0.724 bits per heavy atom. The van der Waals surface area contributed by atoms with Crippen molar-refractivity contribution in [1.29, 1.82) is 0 Å². The zero-order valence-electron chi connectivity index (χ0n) is 40.0. The minimum absolute atomic E-state index is 0.631. The van der Waals surface area contributed by atoms with E-state index in [9.17, 15) is 0 Å². The average Bonchev–Trinajstić information content (AvgIpc) is 4.36. The van der Waals surface area contributed by atoms with Gasteiger partial charge in [-0.25, -0.2) is 19.9 Å². The maximum absolute atomic E-state index is 5.93.